The number of benzene rings is 8. The zero-order valence-corrected chi connectivity index (χ0v) is 32.3. The SMILES string of the molecule is CC1(C)c2ccccc2-c2ccc(C3=CC=CC4c5cc(N(c6ccc(-c7ccccc7)cc6)c6cccc7oc8ccccc8c67)c6ccccc6c5OC34)cc21. The van der Waals surface area contributed by atoms with Crippen molar-refractivity contribution < 1.29 is 9.15 Å². The number of ether oxygens (including phenoxy) is 1. The van der Waals surface area contributed by atoms with Crippen LogP contribution in [0.25, 0.3) is 60.5 Å². The van der Waals surface area contributed by atoms with E-state index in [0.29, 0.717) is 0 Å². The first kappa shape index (κ1) is 33.1. The number of nitrogens with zero attached hydrogens (tertiary/aromatic N) is 1. The van der Waals surface area contributed by atoms with Crippen molar-refractivity contribution in [2.75, 3.05) is 4.90 Å². The van der Waals surface area contributed by atoms with Gasteiger partial charge >= 0.3 is 0 Å². The van der Waals surface area contributed by atoms with Gasteiger partial charge in [0.1, 0.15) is 23.0 Å². The third-order valence-electron chi connectivity index (χ3n) is 12.8. The lowest BCUT2D eigenvalue weighted by Crippen LogP contribution is -2.22. The summed E-state index contributed by atoms with van der Waals surface area (Å²) < 4.78 is 13.7. The van der Waals surface area contributed by atoms with Gasteiger partial charge in [0.15, 0.2) is 0 Å². The lowest BCUT2D eigenvalue weighted by molar-refractivity contribution is 0.281. The normalized spacial score (nSPS) is 17.1. The van der Waals surface area contributed by atoms with Crippen molar-refractivity contribution >= 4 is 55.3 Å². The highest BCUT2D eigenvalue weighted by Gasteiger charge is 2.41. The number of hydrogen-bond donors (Lipinski definition) is 0. The van der Waals surface area contributed by atoms with Crippen LogP contribution in [0.4, 0.5) is 17.1 Å². The van der Waals surface area contributed by atoms with Crippen LogP contribution in [-0.4, -0.2) is 6.10 Å². The minimum Gasteiger partial charge on any atom is -0.484 e. The number of anilines is 3. The number of furan rings is 1. The molecule has 8 aromatic carbocycles. The standard InChI is InChI=1S/C55H39NO2/c1-55(2)46-22-10-8-16-39(46)40-31-28-36(32-47(40)55)38-20-12-21-43-45-33-49(41-17-6-7-18-42(41)54(45)58-53(38)43)56(37-29-26-35(27-30-37)34-14-4-3-5-15-34)48-23-13-25-51-52(48)44-19-9-11-24-50(44)57-51/h3-33,43,53H,1-2H3. The maximum absolute atomic E-state index is 7.20. The molecular formula is C55H39NO2. The quantitative estimate of drug-likeness (QED) is 0.175. The molecule has 0 spiro atoms. The van der Waals surface area contributed by atoms with Gasteiger partial charge in [-0.05, 0) is 81.4 Å². The van der Waals surface area contributed by atoms with E-state index in [1.54, 1.807) is 0 Å². The van der Waals surface area contributed by atoms with Crippen molar-refractivity contribution in [3.8, 4) is 28.0 Å². The molecule has 0 radical (unpaired) electrons. The van der Waals surface area contributed by atoms with E-state index in [-0.39, 0.29) is 17.4 Å². The second-order valence-corrected chi connectivity index (χ2v) is 16.4. The summed E-state index contributed by atoms with van der Waals surface area (Å²) in [5, 5.41) is 4.42. The highest BCUT2D eigenvalue weighted by Crippen LogP contribution is 2.55. The molecule has 12 rings (SSSR count). The molecule has 1 aliphatic heterocycles. The maximum Gasteiger partial charge on any atom is 0.137 e. The van der Waals surface area contributed by atoms with Crippen LogP contribution in [0.1, 0.15) is 42.0 Å². The van der Waals surface area contributed by atoms with E-state index in [9.17, 15) is 0 Å². The number of rotatable bonds is 5. The highest BCUT2D eigenvalue weighted by molar-refractivity contribution is 6.15. The Morgan fingerprint density at radius 2 is 1.22 bits per heavy atom. The molecule has 9 aromatic rings. The first-order valence-electron chi connectivity index (χ1n) is 20.2. The third-order valence-corrected chi connectivity index (χ3v) is 12.8. The lowest BCUT2D eigenvalue weighted by atomic mass is 9.79. The number of para-hydroxylation sites is 1. The molecule has 2 unspecified atom stereocenters. The molecular weight excluding hydrogens is 707 g/mol. The van der Waals surface area contributed by atoms with Crippen LogP contribution in [-0.2, 0) is 5.41 Å². The Labute approximate surface area is 337 Å². The predicted molar refractivity (Wildman–Crippen MR) is 240 cm³/mol. The van der Waals surface area contributed by atoms with E-state index in [2.05, 4.69) is 201 Å². The summed E-state index contributed by atoms with van der Waals surface area (Å²) in [6.45, 7) is 4.70. The van der Waals surface area contributed by atoms with Gasteiger partial charge in [-0.1, -0.05) is 159 Å². The fourth-order valence-corrected chi connectivity index (χ4v) is 10.0. The molecule has 0 saturated carbocycles. The van der Waals surface area contributed by atoms with E-state index in [4.69, 9.17) is 9.15 Å². The first-order chi connectivity index (χ1) is 28.5. The topological polar surface area (TPSA) is 25.6 Å². The van der Waals surface area contributed by atoms with E-state index in [1.807, 2.05) is 6.07 Å². The first-order valence-corrected chi connectivity index (χ1v) is 20.2. The van der Waals surface area contributed by atoms with Gasteiger partial charge in [0.2, 0.25) is 0 Å². The summed E-state index contributed by atoms with van der Waals surface area (Å²) in [7, 11) is 0. The van der Waals surface area contributed by atoms with Crippen LogP contribution >= 0.6 is 0 Å². The zero-order valence-electron chi connectivity index (χ0n) is 32.3. The van der Waals surface area contributed by atoms with E-state index in [0.717, 1.165) is 55.5 Å². The van der Waals surface area contributed by atoms with E-state index < -0.39 is 0 Å². The molecule has 0 N–H and O–H groups in total. The molecule has 2 atom stereocenters. The fourth-order valence-electron chi connectivity index (χ4n) is 10.0. The zero-order chi connectivity index (χ0) is 38.5. The summed E-state index contributed by atoms with van der Waals surface area (Å²) >= 11 is 0. The Bertz CT molecular complexity index is 3180. The fraction of sp³-hybridized carbons (Fsp3) is 0.0909. The maximum atomic E-state index is 7.20. The molecule has 0 fully saturated rings. The summed E-state index contributed by atoms with van der Waals surface area (Å²) in [5.74, 6) is 1.01. The molecule has 58 heavy (non-hydrogen) atoms. The highest BCUT2D eigenvalue weighted by atomic mass is 16.5. The molecule has 3 aliphatic rings. The van der Waals surface area contributed by atoms with Gasteiger partial charge in [0.05, 0.1) is 16.8 Å². The Hall–Kier alpha value is -7.10. The van der Waals surface area contributed by atoms with Crippen LogP contribution in [0, 0.1) is 0 Å². The van der Waals surface area contributed by atoms with Gasteiger partial charge in [0.25, 0.3) is 0 Å². The van der Waals surface area contributed by atoms with Gasteiger partial charge < -0.3 is 14.1 Å². The van der Waals surface area contributed by atoms with Crippen molar-refractivity contribution in [3.05, 3.63) is 210 Å². The van der Waals surface area contributed by atoms with Gasteiger partial charge in [-0.25, -0.2) is 0 Å². The van der Waals surface area contributed by atoms with E-state index in [1.165, 1.54) is 50.1 Å². The number of allylic oxidation sites excluding steroid dienone is 2. The molecule has 0 saturated heterocycles. The van der Waals surface area contributed by atoms with E-state index >= 15 is 0 Å². The average Bonchev–Trinajstić information content (AvgIpc) is 3.92. The molecule has 0 amide bonds. The summed E-state index contributed by atoms with van der Waals surface area (Å²) in [5.41, 5.74) is 16.3. The molecule has 276 valence electrons. The molecule has 0 bridgehead atoms. The lowest BCUT2D eigenvalue weighted by Gasteiger charge is -2.28. The minimum atomic E-state index is -0.150. The Balaban J connectivity index is 1.03. The second-order valence-electron chi connectivity index (χ2n) is 16.4. The Morgan fingerprint density at radius 1 is 0.534 bits per heavy atom. The molecule has 3 nitrogen and oxygen atoms in total. The number of fused-ring (bicyclic) bond motifs is 11. The Kier molecular flexibility index (Phi) is 7.10. The van der Waals surface area contributed by atoms with Crippen LogP contribution in [0.15, 0.2) is 193 Å². The molecule has 3 heteroatoms. The molecule has 2 heterocycles. The summed E-state index contributed by atoms with van der Waals surface area (Å²) in [6, 6.07) is 61.3. The van der Waals surface area contributed by atoms with Crippen molar-refractivity contribution in [1.29, 1.82) is 0 Å². The summed E-state index contributed by atoms with van der Waals surface area (Å²) in [4.78, 5) is 2.43. The van der Waals surface area contributed by atoms with Crippen LogP contribution in [0.5, 0.6) is 5.75 Å². The van der Waals surface area contributed by atoms with Crippen molar-refractivity contribution in [1.82, 2.24) is 0 Å². The predicted octanol–water partition coefficient (Wildman–Crippen LogP) is 14.7. The minimum absolute atomic E-state index is 0.0460. The largest absolute Gasteiger partial charge is 0.484 e. The van der Waals surface area contributed by atoms with Gasteiger partial charge in [-0.3, -0.25) is 0 Å². The van der Waals surface area contributed by atoms with Crippen LogP contribution in [0.2, 0.25) is 0 Å². The average molecular weight is 746 g/mol. The van der Waals surface area contributed by atoms with Crippen molar-refractivity contribution in [3.63, 3.8) is 0 Å². The molecule has 1 aromatic heterocycles. The van der Waals surface area contributed by atoms with Gasteiger partial charge in [-0.15, -0.1) is 0 Å². The Morgan fingerprint density at radius 3 is 2.09 bits per heavy atom. The third kappa shape index (κ3) is 4.80. The smallest absolute Gasteiger partial charge is 0.137 e. The molecule has 2 aliphatic carbocycles. The van der Waals surface area contributed by atoms with Crippen molar-refractivity contribution in [2.24, 2.45) is 0 Å². The second kappa shape index (κ2) is 12.4. The van der Waals surface area contributed by atoms with Crippen LogP contribution in [0.3, 0.4) is 0 Å². The van der Waals surface area contributed by atoms with Gasteiger partial charge in [-0.2, -0.15) is 0 Å². The van der Waals surface area contributed by atoms with Gasteiger partial charge in [0, 0.05) is 44.3 Å². The number of hydrogen-bond acceptors (Lipinski definition) is 3. The van der Waals surface area contributed by atoms with Crippen LogP contribution < -0.4 is 9.64 Å². The monoisotopic (exact) mass is 745 g/mol. The van der Waals surface area contributed by atoms with Crippen molar-refractivity contribution in [2.45, 2.75) is 31.3 Å². The summed E-state index contributed by atoms with van der Waals surface area (Å²) in [6.07, 6.45) is 6.67.